The largest absolute Gasteiger partial charge is 0.507 e. The van der Waals surface area contributed by atoms with Gasteiger partial charge in [0.2, 0.25) is 0 Å². The van der Waals surface area contributed by atoms with Crippen LogP contribution in [0.25, 0.3) is 0 Å². The van der Waals surface area contributed by atoms with Crippen LogP contribution in [0.15, 0.2) is 42.5 Å². The Bertz CT molecular complexity index is 611. The minimum absolute atomic E-state index is 0.116. The SMILES string of the molecule is COc1cccc(NC(=O)c2cc(N)ccc2O)c1. The van der Waals surface area contributed by atoms with Gasteiger partial charge in [-0.05, 0) is 30.3 Å². The van der Waals surface area contributed by atoms with Crippen molar-refractivity contribution >= 4 is 17.3 Å². The molecule has 4 N–H and O–H groups in total. The quantitative estimate of drug-likeness (QED) is 0.582. The molecule has 19 heavy (non-hydrogen) atoms. The maximum atomic E-state index is 12.0. The minimum Gasteiger partial charge on any atom is -0.507 e. The van der Waals surface area contributed by atoms with Gasteiger partial charge in [-0.1, -0.05) is 6.07 Å². The number of methoxy groups -OCH3 is 1. The molecule has 0 fully saturated rings. The third kappa shape index (κ3) is 2.95. The molecular weight excluding hydrogens is 244 g/mol. The second-order valence-corrected chi connectivity index (χ2v) is 3.96. The summed E-state index contributed by atoms with van der Waals surface area (Å²) in [7, 11) is 1.55. The monoisotopic (exact) mass is 258 g/mol. The van der Waals surface area contributed by atoms with Gasteiger partial charge in [0.15, 0.2) is 0 Å². The lowest BCUT2D eigenvalue weighted by molar-refractivity contribution is 0.102. The lowest BCUT2D eigenvalue weighted by Crippen LogP contribution is -2.12. The lowest BCUT2D eigenvalue weighted by Gasteiger charge is -2.08. The van der Waals surface area contributed by atoms with E-state index in [2.05, 4.69) is 5.32 Å². The summed E-state index contributed by atoms with van der Waals surface area (Å²) in [5.41, 5.74) is 6.71. The van der Waals surface area contributed by atoms with Gasteiger partial charge in [0.1, 0.15) is 11.5 Å². The molecule has 0 saturated carbocycles. The third-order valence-corrected chi connectivity index (χ3v) is 2.59. The molecule has 0 atom stereocenters. The molecule has 5 heteroatoms. The topological polar surface area (TPSA) is 84.6 Å². The van der Waals surface area contributed by atoms with Crippen LogP contribution in [0.2, 0.25) is 0 Å². The van der Waals surface area contributed by atoms with Gasteiger partial charge in [-0.2, -0.15) is 0 Å². The van der Waals surface area contributed by atoms with E-state index in [1.807, 2.05) is 0 Å². The Labute approximate surface area is 110 Å². The van der Waals surface area contributed by atoms with Crippen LogP contribution < -0.4 is 15.8 Å². The van der Waals surface area contributed by atoms with Gasteiger partial charge in [-0.25, -0.2) is 0 Å². The number of carbonyl (C=O) groups excluding carboxylic acids is 1. The van der Waals surface area contributed by atoms with Crippen LogP contribution in [-0.2, 0) is 0 Å². The molecule has 1 amide bonds. The van der Waals surface area contributed by atoms with Gasteiger partial charge < -0.3 is 20.9 Å². The minimum atomic E-state index is -0.432. The van der Waals surface area contributed by atoms with Crippen molar-refractivity contribution in [1.82, 2.24) is 0 Å². The molecule has 0 unspecified atom stereocenters. The fourth-order valence-electron chi connectivity index (χ4n) is 1.63. The number of rotatable bonds is 3. The average Bonchev–Trinajstić information content (AvgIpc) is 2.41. The number of amides is 1. The second-order valence-electron chi connectivity index (χ2n) is 3.96. The number of benzene rings is 2. The molecule has 2 aromatic carbocycles. The highest BCUT2D eigenvalue weighted by Gasteiger charge is 2.11. The Kier molecular flexibility index (Phi) is 3.56. The van der Waals surface area contributed by atoms with E-state index in [-0.39, 0.29) is 11.3 Å². The van der Waals surface area contributed by atoms with E-state index in [0.717, 1.165) is 0 Å². The smallest absolute Gasteiger partial charge is 0.259 e. The Hall–Kier alpha value is -2.69. The van der Waals surface area contributed by atoms with Crippen LogP contribution in [-0.4, -0.2) is 18.1 Å². The predicted octanol–water partition coefficient (Wildman–Crippen LogP) is 2.24. The normalized spacial score (nSPS) is 9.95. The fraction of sp³-hybridized carbons (Fsp3) is 0.0714. The molecule has 5 nitrogen and oxygen atoms in total. The maximum absolute atomic E-state index is 12.0. The fourth-order valence-corrected chi connectivity index (χ4v) is 1.63. The standard InChI is InChI=1S/C14H14N2O3/c1-19-11-4-2-3-10(8-11)16-14(18)12-7-9(15)5-6-13(12)17/h2-8,17H,15H2,1H3,(H,16,18). The highest BCUT2D eigenvalue weighted by molar-refractivity contribution is 6.06. The van der Waals surface area contributed by atoms with Crippen LogP contribution in [0.5, 0.6) is 11.5 Å². The summed E-state index contributed by atoms with van der Waals surface area (Å²) in [6, 6.07) is 11.3. The van der Waals surface area contributed by atoms with Crippen LogP contribution in [0, 0.1) is 0 Å². The molecule has 0 radical (unpaired) electrons. The van der Waals surface area contributed by atoms with Crippen molar-refractivity contribution < 1.29 is 14.6 Å². The average molecular weight is 258 g/mol. The van der Waals surface area contributed by atoms with Gasteiger partial charge in [0.05, 0.1) is 12.7 Å². The summed E-state index contributed by atoms with van der Waals surface area (Å²) < 4.78 is 5.06. The number of phenolic OH excluding ortho intramolecular Hbond substituents is 1. The van der Waals surface area contributed by atoms with Gasteiger partial charge in [-0.3, -0.25) is 4.79 Å². The van der Waals surface area contributed by atoms with Crippen LogP contribution in [0.4, 0.5) is 11.4 Å². The summed E-state index contributed by atoms with van der Waals surface area (Å²) >= 11 is 0. The number of hydrogen-bond acceptors (Lipinski definition) is 4. The number of aromatic hydroxyl groups is 1. The first-order chi connectivity index (χ1) is 9.10. The zero-order chi connectivity index (χ0) is 13.8. The number of anilines is 2. The molecule has 98 valence electrons. The number of nitrogens with one attached hydrogen (secondary N) is 1. The van der Waals surface area contributed by atoms with Crippen molar-refractivity contribution in [2.24, 2.45) is 0 Å². The van der Waals surface area contributed by atoms with E-state index >= 15 is 0 Å². The van der Waals surface area contributed by atoms with Gasteiger partial charge in [-0.15, -0.1) is 0 Å². The van der Waals surface area contributed by atoms with Crippen molar-refractivity contribution in [2.75, 3.05) is 18.2 Å². The Balaban J connectivity index is 2.23. The molecule has 2 aromatic rings. The molecular formula is C14H14N2O3. The molecule has 2 rings (SSSR count). The molecule has 0 aromatic heterocycles. The molecule has 0 heterocycles. The number of nitrogens with two attached hydrogens (primary N) is 1. The number of ether oxygens (including phenoxy) is 1. The zero-order valence-electron chi connectivity index (χ0n) is 10.4. The molecule has 0 aliphatic heterocycles. The first-order valence-corrected chi connectivity index (χ1v) is 5.64. The van der Waals surface area contributed by atoms with Crippen LogP contribution >= 0.6 is 0 Å². The summed E-state index contributed by atoms with van der Waals surface area (Å²) in [4.78, 5) is 12.0. The molecule has 0 aliphatic rings. The predicted molar refractivity (Wildman–Crippen MR) is 73.5 cm³/mol. The van der Waals surface area contributed by atoms with Crippen molar-refractivity contribution in [3.05, 3.63) is 48.0 Å². The Morgan fingerprint density at radius 1 is 1.26 bits per heavy atom. The number of phenols is 1. The van der Waals surface area contributed by atoms with E-state index in [1.165, 1.54) is 18.2 Å². The molecule has 0 aliphatic carbocycles. The first kappa shape index (κ1) is 12.8. The van der Waals surface area contributed by atoms with Gasteiger partial charge in [0, 0.05) is 17.4 Å². The van der Waals surface area contributed by atoms with E-state index in [1.54, 1.807) is 31.4 Å². The molecule has 0 bridgehead atoms. The van der Waals surface area contributed by atoms with E-state index < -0.39 is 5.91 Å². The molecule has 0 saturated heterocycles. The highest BCUT2D eigenvalue weighted by Crippen LogP contribution is 2.22. The lowest BCUT2D eigenvalue weighted by atomic mass is 10.1. The van der Waals surface area contributed by atoms with Gasteiger partial charge in [0.25, 0.3) is 5.91 Å². The summed E-state index contributed by atoms with van der Waals surface area (Å²) in [5.74, 6) is 0.0854. The zero-order valence-corrected chi connectivity index (χ0v) is 10.4. The van der Waals surface area contributed by atoms with Crippen molar-refractivity contribution in [2.45, 2.75) is 0 Å². The number of hydrogen-bond donors (Lipinski definition) is 3. The van der Waals surface area contributed by atoms with Crippen molar-refractivity contribution in [1.29, 1.82) is 0 Å². The first-order valence-electron chi connectivity index (χ1n) is 5.64. The van der Waals surface area contributed by atoms with E-state index in [0.29, 0.717) is 17.1 Å². The van der Waals surface area contributed by atoms with Gasteiger partial charge >= 0.3 is 0 Å². The van der Waals surface area contributed by atoms with Crippen molar-refractivity contribution in [3.63, 3.8) is 0 Å². The van der Waals surface area contributed by atoms with Crippen LogP contribution in [0.1, 0.15) is 10.4 Å². The summed E-state index contributed by atoms with van der Waals surface area (Å²) in [6.45, 7) is 0. The number of carbonyl (C=O) groups is 1. The van der Waals surface area contributed by atoms with E-state index in [9.17, 15) is 9.90 Å². The molecule has 0 spiro atoms. The van der Waals surface area contributed by atoms with Crippen LogP contribution in [0.3, 0.4) is 0 Å². The second kappa shape index (κ2) is 5.30. The summed E-state index contributed by atoms with van der Waals surface area (Å²) in [5, 5.41) is 12.3. The maximum Gasteiger partial charge on any atom is 0.259 e. The third-order valence-electron chi connectivity index (χ3n) is 2.59. The van der Waals surface area contributed by atoms with Crippen molar-refractivity contribution in [3.8, 4) is 11.5 Å². The highest BCUT2D eigenvalue weighted by atomic mass is 16.5. The summed E-state index contributed by atoms with van der Waals surface area (Å²) in [6.07, 6.45) is 0. The Morgan fingerprint density at radius 3 is 2.79 bits per heavy atom. The Morgan fingerprint density at radius 2 is 2.05 bits per heavy atom. The van der Waals surface area contributed by atoms with E-state index in [4.69, 9.17) is 10.5 Å². The number of nitrogen functional groups attached to an aromatic ring is 1.